The van der Waals surface area contributed by atoms with Crippen molar-refractivity contribution in [2.24, 2.45) is 5.92 Å². The monoisotopic (exact) mass is 358 g/mol. The van der Waals surface area contributed by atoms with Gasteiger partial charge in [-0.3, -0.25) is 4.79 Å². The smallest absolute Gasteiger partial charge is 0.409 e. The van der Waals surface area contributed by atoms with E-state index in [0.29, 0.717) is 54.3 Å². The Morgan fingerprint density at radius 2 is 1.74 bits per heavy atom. The second-order valence-corrected chi connectivity index (χ2v) is 6.72. The van der Waals surface area contributed by atoms with E-state index in [2.05, 4.69) is 0 Å². The zero-order chi connectivity index (χ0) is 17.0. The van der Waals surface area contributed by atoms with E-state index in [1.54, 1.807) is 28.0 Å². The van der Waals surface area contributed by atoms with Gasteiger partial charge in [0.25, 0.3) is 5.91 Å². The minimum atomic E-state index is -0.327. The van der Waals surface area contributed by atoms with Gasteiger partial charge in [-0.1, -0.05) is 37.0 Å². The highest BCUT2D eigenvalue weighted by molar-refractivity contribution is 6.35. The van der Waals surface area contributed by atoms with E-state index >= 15 is 0 Å². The third-order valence-electron chi connectivity index (χ3n) is 3.52. The normalized spacial score (nSPS) is 15.0. The van der Waals surface area contributed by atoms with E-state index in [-0.39, 0.29) is 12.0 Å². The van der Waals surface area contributed by atoms with E-state index in [9.17, 15) is 9.59 Å². The number of benzene rings is 1. The molecule has 2 amide bonds. The number of hydrogen-bond acceptors (Lipinski definition) is 3. The lowest BCUT2D eigenvalue weighted by atomic mass is 10.2. The highest BCUT2D eigenvalue weighted by atomic mass is 35.5. The van der Waals surface area contributed by atoms with Crippen molar-refractivity contribution in [3.05, 3.63) is 33.8 Å². The second kappa shape index (κ2) is 7.88. The molecule has 0 N–H and O–H groups in total. The quantitative estimate of drug-likeness (QED) is 0.830. The van der Waals surface area contributed by atoms with Gasteiger partial charge < -0.3 is 14.5 Å². The molecule has 1 aromatic carbocycles. The molecule has 0 radical (unpaired) electrons. The molecule has 2 rings (SSSR count). The first-order chi connectivity index (χ1) is 10.9. The molecule has 0 atom stereocenters. The average molecular weight is 359 g/mol. The molecular weight excluding hydrogens is 339 g/mol. The third kappa shape index (κ3) is 4.75. The second-order valence-electron chi connectivity index (χ2n) is 5.87. The van der Waals surface area contributed by atoms with Crippen molar-refractivity contribution in [1.29, 1.82) is 0 Å². The Labute approximate surface area is 146 Å². The van der Waals surface area contributed by atoms with Gasteiger partial charge in [-0.2, -0.15) is 0 Å². The summed E-state index contributed by atoms with van der Waals surface area (Å²) < 4.78 is 5.20. The maximum Gasteiger partial charge on any atom is 0.409 e. The molecule has 1 fully saturated rings. The van der Waals surface area contributed by atoms with Crippen LogP contribution in [0.15, 0.2) is 18.2 Å². The van der Waals surface area contributed by atoms with Crippen molar-refractivity contribution in [2.45, 2.75) is 13.8 Å². The molecule has 7 heteroatoms. The zero-order valence-corrected chi connectivity index (χ0v) is 14.7. The average Bonchev–Trinajstić information content (AvgIpc) is 2.54. The Balaban J connectivity index is 1.92. The topological polar surface area (TPSA) is 49.9 Å². The SMILES string of the molecule is CC(C)COC(=O)N1CCN(C(=O)c2cc(Cl)ccc2Cl)CC1. The molecule has 126 valence electrons. The number of carbonyl (C=O) groups excluding carboxylic acids is 2. The maximum atomic E-state index is 12.5. The molecule has 1 heterocycles. The van der Waals surface area contributed by atoms with E-state index in [4.69, 9.17) is 27.9 Å². The molecule has 1 saturated heterocycles. The molecule has 1 aromatic rings. The largest absolute Gasteiger partial charge is 0.449 e. The van der Waals surface area contributed by atoms with Crippen LogP contribution in [0.1, 0.15) is 24.2 Å². The number of nitrogens with zero attached hydrogens (tertiary/aromatic N) is 2. The fourth-order valence-electron chi connectivity index (χ4n) is 2.25. The van der Waals surface area contributed by atoms with E-state index in [0.717, 1.165) is 0 Å². The molecule has 0 saturated carbocycles. The molecule has 0 aliphatic carbocycles. The maximum absolute atomic E-state index is 12.5. The number of rotatable bonds is 3. The van der Waals surface area contributed by atoms with Gasteiger partial charge >= 0.3 is 6.09 Å². The molecule has 1 aliphatic heterocycles. The first-order valence-corrected chi connectivity index (χ1v) is 8.30. The number of amides is 2. The van der Waals surface area contributed by atoms with Crippen molar-refractivity contribution in [1.82, 2.24) is 9.80 Å². The van der Waals surface area contributed by atoms with Gasteiger partial charge in [0.1, 0.15) is 0 Å². The summed E-state index contributed by atoms with van der Waals surface area (Å²) in [7, 11) is 0. The number of carbonyl (C=O) groups is 2. The summed E-state index contributed by atoms with van der Waals surface area (Å²) in [6.07, 6.45) is -0.327. The predicted octanol–water partition coefficient (Wildman–Crippen LogP) is 3.54. The van der Waals surface area contributed by atoms with Gasteiger partial charge in [0, 0.05) is 31.2 Å². The van der Waals surface area contributed by atoms with Crippen LogP contribution in [0.3, 0.4) is 0 Å². The molecular formula is C16H20Cl2N2O3. The van der Waals surface area contributed by atoms with Crippen molar-refractivity contribution < 1.29 is 14.3 Å². The summed E-state index contributed by atoms with van der Waals surface area (Å²) in [5.41, 5.74) is 0.384. The van der Waals surface area contributed by atoms with Crippen molar-refractivity contribution in [3.63, 3.8) is 0 Å². The van der Waals surface area contributed by atoms with Crippen LogP contribution in [0.2, 0.25) is 10.0 Å². The Bertz CT molecular complexity index is 585. The lowest BCUT2D eigenvalue weighted by Crippen LogP contribution is -2.50. The number of piperazine rings is 1. The first kappa shape index (κ1) is 17.9. The number of halogens is 2. The highest BCUT2D eigenvalue weighted by Crippen LogP contribution is 2.22. The summed E-state index contributed by atoms with van der Waals surface area (Å²) in [6.45, 7) is 6.14. The minimum Gasteiger partial charge on any atom is -0.449 e. The predicted molar refractivity (Wildman–Crippen MR) is 90.1 cm³/mol. The van der Waals surface area contributed by atoms with Gasteiger partial charge in [-0.25, -0.2) is 4.79 Å². The first-order valence-electron chi connectivity index (χ1n) is 7.54. The van der Waals surface area contributed by atoms with Crippen LogP contribution >= 0.6 is 23.2 Å². The molecule has 0 aromatic heterocycles. The minimum absolute atomic E-state index is 0.173. The van der Waals surface area contributed by atoms with Gasteiger partial charge in [-0.05, 0) is 24.1 Å². The van der Waals surface area contributed by atoms with Gasteiger partial charge in [0.2, 0.25) is 0 Å². The number of hydrogen-bond donors (Lipinski definition) is 0. The van der Waals surface area contributed by atoms with E-state index in [1.807, 2.05) is 13.8 Å². The van der Waals surface area contributed by atoms with E-state index < -0.39 is 0 Å². The van der Waals surface area contributed by atoms with Crippen LogP contribution in [0.4, 0.5) is 4.79 Å². The van der Waals surface area contributed by atoms with E-state index in [1.165, 1.54) is 0 Å². The highest BCUT2D eigenvalue weighted by Gasteiger charge is 2.26. The van der Waals surface area contributed by atoms with Crippen molar-refractivity contribution in [2.75, 3.05) is 32.8 Å². The van der Waals surface area contributed by atoms with Gasteiger partial charge in [0.05, 0.1) is 17.2 Å². The van der Waals surface area contributed by atoms with Crippen molar-refractivity contribution >= 4 is 35.2 Å². The van der Waals surface area contributed by atoms with Crippen LogP contribution in [-0.2, 0) is 4.74 Å². The summed E-state index contributed by atoms with van der Waals surface area (Å²) in [4.78, 5) is 27.7. The molecule has 0 bridgehead atoms. The fourth-order valence-corrected chi connectivity index (χ4v) is 2.62. The van der Waals surface area contributed by atoms with Crippen LogP contribution in [0.25, 0.3) is 0 Å². The van der Waals surface area contributed by atoms with Gasteiger partial charge in [0.15, 0.2) is 0 Å². The Morgan fingerprint density at radius 3 is 2.35 bits per heavy atom. The zero-order valence-electron chi connectivity index (χ0n) is 13.2. The summed E-state index contributed by atoms with van der Waals surface area (Å²) in [5, 5.41) is 0.840. The molecule has 1 aliphatic rings. The van der Waals surface area contributed by atoms with Crippen LogP contribution in [0.5, 0.6) is 0 Å². The Kier molecular flexibility index (Phi) is 6.13. The molecule has 23 heavy (non-hydrogen) atoms. The summed E-state index contributed by atoms with van der Waals surface area (Å²) in [6, 6.07) is 4.81. The van der Waals surface area contributed by atoms with Crippen LogP contribution < -0.4 is 0 Å². The lowest BCUT2D eigenvalue weighted by molar-refractivity contribution is 0.0535. The number of ether oxygens (including phenoxy) is 1. The molecule has 0 spiro atoms. The molecule has 0 unspecified atom stereocenters. The molecule has 5 nitrogen and oxygen atoms in total. The lowest BCUT2D eigenvalue weighted by Gasteiger charge is -2.34. The van der Waals surface area contributed by atoms with Crippen LogP contribution in [0, 0.1) is 5.92 Å². The fraction of sp³-hybridized carbons (Fsp3) is 0.500. The Hall–Kier alpha value is -1.46. The third-order valence-corrected chi connectivity index (χ3v) is 4.09. The summed E-state index contributed by atoms with van der Waals surface area (Å²) in [5.74, 6) is 0.125. The van der Waals surface area contributed by atoms with Gasteiger partial charge in [-0.15, -0.1) is 0 Å². The Morgan fingerprint density at radius 1 is 1.13 bits per heavy atom. The standard InChI is InChI=1S/C16H20Cl2N2O3/c1-11(2)10-23-16(22)20-7-5-19(6-8-20)15(21)13-9-12(17)3-4-14(13)18/h3-4,9,11H,5-8,10H2,1-2H3. The van der Waals surface area contributed by atoms with Crippen LogP contribution in [-0.4, -0.2) is 54.6 Å². The summed E-state index contributed by atoms with van der Waals surface area (Å²) >= 11 is 12.0. The van der Waals surface area contributed by atoms with Crippen molar-refractivity contribution in [3.8, 4) is 0 Å².